The molecule has 0 spiro atoms. The highest BCUT2D eigenvalue weighted by Crippen LogP contribution is 2.17. The Labute approximate surface area is 103 Å². The minimum Gasteiger partial charge on any atom is -0.381 e. The Hall–Kier alpha value is -0.870. The zero-order chi connectivity index (χ0) is 11.9. The topological polar surface area (TPSA) is 39.1 Å². The average molecular weight is 237 g/mol. The van der Waals surface area contributed by atoms with Crippen LogP contribution in [0, 0.1) is 5.92 Å². The molecule has 1 aliphatic heterocycles. The first-order valence-electron chi connectivity index (χ1n) is 6.69. The van der Waals surface area contributed by atoms with Crippen molar-refractivity contribution >= 4 is 0 Å². The Morgan fingerprint density at radius 2 is 2.29 bits per heavy atom. The second-order valence-corrected chi connectivity index (χ2v) is 4.74. The van der Waals surface area contributed by atoms with Crippen LogP contribution in [0.15, 0.2) is 12.3 Å². The molecule has 2 heterocycles. The Balaban J connectivity index is 1.84. The van der Waals surface area contributed by atoms with Crippen LogP contribution in [0.25, 0.3) is 0 Å². The Bertz CT molecular complexity index is 318. The summed E-state index contributed by atoms with van der Waals surface area (Å²) in [5, 5.41) is 7.85. The molecule has 0 aromatic carbocycles. The van der Waals surface area contributed by atoms with Gasteiger partial charge in [-0.15, -0.1) is 0 Å². The Morgan fingerprint density at radius 3 is 3.06 bits per heavy atom. The molecule has 1 saturated heterocycles. The van der Waals surface area contributed by atoms with Gasteiger partial charge in [0.15, 0.2) is 0 Å². The van der Waals surface area contributed by atoms with Crippen LogP contribution >= 0.6 is 0 Å². The maximum atomic E-state index is 5.39. The number of ether oxygens (including phenoxy) is 1. The van der Waals surface area contributed by atoms with Crippen LogP contribution in [0.5, 0.6) is 0 Å². The molecular formula is C13H23N3O. The first-order chi connectivity index (χ1) is 8.40. The van der Waals surface area contributed by atoms with Gasteiger partial charge in [0.05, 0.1) is 5.69 Å². The summed E-state index contributed by atoms with van der Waals surface area (Å²) >= 11 is 0. The molecule has 0 aliphatic carbocycles. The lowest BCUT2D eigenvalue weighted by Crippen LogP contribution is -2.23. The first kappa shape index (κ1) is 12.6. The van der Waals surface area contributed by atoms with E-state index in [9.17, 15) is 0 Å². The molecule has 0 unspecified atom stereocenters. The number of hydrogen-bond acceptors (Lipinski definition) is 3. The van der Waals surface area contributed by atoms with E-state index in [1.165, 1.54) is 25.0 Å². The lowest BCUT2D eigenvalue weighted by Gasteiger charge is -2.22. The van der Waals surface area contributed by atoms with Crippen LogP contribution in [0.1, 0.15) is 31.9 Å². The van der Waals surface area contributed by atoms with Crippen molar-refractivity contribution in [3.05, 3.63) is 18.0 Å². The molecule has 1 fully saturated rings. The molecule has 96 valence electrons. The molecule has 17 heavy (non-hydrogen) atoms. The first-order valence-corrected chi connectivity index (χ1v) is 6.69. The molecule has 0 radical (unpaired) electrons. The van der Waals surface area contributed by atoms with Crippen LogP contribution in [-0.4, -0.2) is 29.5 Å². The molecule has 1 aromatic rings. The molecule has 4 nitrogen and oxygen atoms in total. The standard InChI is InChI=1S/C13H23N3O/c1-2-6-14-10-13-3-7-15-16(13)11-12-4-8-17-9-5-12/h3,7,12,14H,2,4-6,8-11H2,1H3. The van der Waals surface area contributed by atoms with E-state index in [1.807, 2.05) is 6.20 Å². The summed E-state index contributed by atoms with van der Waals surface area (Å²) in [6, 6.07) is 2.11. The van der Waals surface area contributed by atoms with Crippen molar-refractivity contribution < 1.29 is 4.74 Å². The minimum atomic E-state index is 0.730. The SMILES string of the molecule is CCCNCc1ccnn1CC1CCOCC1. The molecule has 0 atom stereocenters. The van der Waals surface area contributed by atoms with Gasteiger partial charge in [0.25, 0.3) is 0 Å². The number of nitrogens with one attached hydrogen (secondary N) is 1. The zero-order valence-corrected chi connectivity index (χ0v) is 10.7. The van der Waals surface area contributed by atoms with Crippen molar-refractivity contribution in [1.29, 1.82) is 0 Å². The fourth-order valence-electron chi connectivity index (χ4n) is 2.24. The van der Waals surface area contributed by atoms with E-state index in [4.69, 9.17) is 4.74 Å². The van der Waals surface area contributed by atoms with Crippen molar-refractivity contribution in [3.8, 4) is 0 Å². The summed E-state index contributed by atoms with van der Waals surface area (Å²) in [6.07, 6.45) is 5.42. The second-order valence-electron chi connectivity index (χ2n) is 4.74. The predicted molar refractivity (Wildman–Crippen MR) is 67.8 cm³/mol. The van der Waals surface area contributed by atoms with Crippen molar-refractivity contribution in [2.45, 2.75) is 39.3 Å². The lowest BCUT2D eigenvalue weighted by atomic mass is 10.0. The molecule has 4 heteroatoms. The summed E-state index contributed by atoms with van der Waals surface area (Å²) in [4.78, 5) is 0. The van der Waals surface area contributed by atoms with Gasteiger partial charge in [-0.3, -0.25) is 4.68 Å². The molecule has 2 rings (SSSR count). The summed E-state index contributed by atoms with van der Waals surface area (Å²) < 4.78 is 7.54. The molecular weight excluding hydrogens is 214 g/mol. The van der Waals surface area contributed by atoms with Gasteiger partial charge in [-0.05, 0) is 37.8 Å². The summed E-state index contributed by atoms with van der Waals surface area (Å²) in [7, 11) is 0. The van der Waals surface area contributed by atoms with Crippen molar-refractivity contribution in [3.63, 3.8) is 0 Å². The smallest absolute Gasteiger partial charge is 0.0522 e. The van der Waals surface area contributed by atoms with Crippen LogP contribution < -0.4 is 5.32 Å². The molecule has 1 N–H and O–H groups in total. The second kappa shape index (κ2) is 6.77. The molecule has 1 aliphatic rings. The van der Waals surface area contributed by atoms with Crippen LogP contribution in [-0.2, 0) is 17.8 Å². The van der Waals surface area contributed by atoms with Crippen molar-refractivity contribution in [2.75, 3.05) is 19.8 Å². The van der Waals surface area contributed by atoms with E-state index in [2.05, 4.69) is 28.1 Å². The van der Waals surface area contributed by atoms with Crippen molar-refractivity contribution in [1.82, 2.24) is 15.1 Å². The van der Waals surface area contributed by atoms with Crippen LogP contribution in [0.4, 0.5) is 0 Å². The van der Waals surface area contributed by atoms with E-state index >= 15 is 0 Å². The third-order valence-corrected chi connectivity index (χ3v) is 3.31. The molecule has 0 amide bonds. The van der Waals surface area contributed by atoms with Gasteiger partial charge in [0.1, 0.15) is 0 Å². The predicted octanol–water partition coefficient (Wildman–Crippen LogP) is 1.81. The van der Waals surface area contributed by atoms with E-state index in [1.54, 1.807) is 0 Å². The maximum absolute atomic E-state index is 5.39. The normalized spacial score (nSPS) is 17.5. The molecule has 0 saturated carbocycles. The number of rotatable bonds is 6. The highest BCUT2D eigenvalue weighted by molar-refractivity contribution is 5.00. The fourth-order valence-corrected chi connectivity index (χ4v) is 2.24. The Morgan fingerprint density at radius 1 is 1.47 bits per heavy atom. The van der Waals surface area contributed by atoms with Crippen LogP contribution in [0.2, 0.25) is 0 Å². The van der Waals surface area contributed by atoms with Gasteiger partial charge in [0, 0.05) is 32.5 Å². The largest absolute Gasteiger partial charge is 0.381 e. The van der Waals surface area contributed by atoms with Crippen molar-refractivity contribution in [2.24, 2.45) is 5.92 Å². The van der Waals surface area contributed by atoms with E-state index in [-0.39, 0.29) is 0 Å². The summed E-state index contributed by atoms with van der Waals surface area (Å²) in [5.74, 6) is 0.730. The van der Waals surface area contributed by atoms with Gasteiger partial charge in [-0.2, -0.15) is 5.10 Å². The summed E-state index contributed by atoms with van der Waals surface area (Å²) in [6.45, 7) is 7.05. The van der Waals surface area contributed by atoms with Gasteiger partial charge >= 0.3 is 0 Å². The van der Waals surface area contributed by atoms with Gasteiger partial charge in [-0.1, -0.05) is 6.92 Å². The van der Waals surface area contributed by atoms with Crippen LogP contribution in [0.3, 0.4) is 0 Å². The van der Waals surface area contributed by atoms with Gasteiger partial charge in [-0.25, -0.2) is 0 Å². The van der Waals surface area contributed by atoms with Gasteiger partial charge < -0.3 is 10.1 Å². The summed E-state index contributed by atoms with van der Waals surface area (Å²) in [5.41, 5.74) is 1.30. The molecule has 0 bridgehead atoms. The monoisotopic (exact) mass is 237 g/mol. The fraction of sp³-hybridized carbons (Fsp3) is 0.769. The van der Waals surface area contributed by atoms with E-state index < -0.39 is 0 Å². The number of hydrogen-bond donors (Lipinski definition) is 1. The van der Waals surface area contributed by atoms with E-state index in [0.29, 0.717) is 0 Å². The lowest BCUT2D eigenvalue weighted by molar-refractivity contribution is 0.0598. The number of nitrogens with zero attached hydrogens (tertiary/aromatic N) is 2. The maximum Gasteiger partial charge on any atom is 0.0522 e. The van der Waals surface area contributed by atoms with E-state index in [0.717, 1.165) is 38.8 Å². The molecule has 1 aromatic heterocycles. The van der Waals surface area contributed by atoms with Gasteiger partial charge in [0.2, 0.25) is 0 Å². The zero-order valence-electron chi connectivity index (χ0n) is 10.7. The highest BCUT2D eigenvalue weighted by Gasteiger charge is 2.15. The quantitative estimate of drug-likeness (QED) is 0.767. The average Bonchev–Trinajstić information content (AvgIpc) is 2.79. The third-order valence-electron chi connectivity index (χ3n) is 3.31. The number of aromatic nitrogens is 2. The highest BCUT2D eigenvalue weighted by atomic mass is 16.5. The minimum absolute atomic E-state index is 0.730. The third kappa shape index (κ3) is 3.82. The Kier molecular flexibility index (Phi) is 5.01.